The molecule has 0 aliphatic carbocycles. The zero-order valence-electron chi connectivity index (χ0n) is 17.0. The molecule has 3 aromatic heterocycles. The van der Waals surface area contributed by atoms with E-state index in [0.29, 0.717) is 38.9 Å². The second kappa shape index (κ2) is 7.69. The lowest BCUT2D eigenvalue weighted by Gasteiger charge is -2.18. The Morgan fingerprint density at radius 3 is 2.50 bits per heavy atom. The number of alkyl halides is 3. The minimum absolute atomic E-state index is 0.106. The molecule has 0 aliphatic heterocycles. The number of pyridine rings is 1. The SMILES string of the molecule is Cc1cn2c(n1)c(Br)cc1c(N[C@H](C)c3cc([N+](=O)[O-])cc(C(F)(F)F)c3)nc(C)nc12. The third kappa shape index (κ3) is 3.97. The lowest BCUT2D eigenvalue weighted by Crippen LogP contribution is -2.13. The van der Waals surface area contributed by atoms with E-state index in [4.69, 9.17) is 0 Å². The van der Waals surface area contributed by atoms with E-state index >= 15 is 0 Å². The van der Waals surface area contributed by atoms with Gasteiger partial charge in [0.15, 0.2) is 11.3 Å². The highest BCUT2D eigenvalue weighted by molar-refractivity contribution is 9.10. The first-order valence-corrected chi connectivity index (χ1v) is 10.2. The molecular weight excluding hydrogens is 493 g/mol. The van der Waals surface area contributed by atoms with Crippen LogP contribution in [0.2, 0.25) is 0 Å². The highest BCUT2D eigenvalue weighted by Crippen LogP contribution is 2.35. The van der Waals surface area contributed by atoms with Gasteiger partial charge in [-0.1, -0.05) is 0 Å². The van der Waals surface area contributed by atoms with Crippen molar-refractivity contribution >= 4 is 44.1 Å². The third-order valence-electron chi connectivity index (χ3n) is 4.91. The summed E-state index contributed by atoms with van der Waals surface area (Å²) in [5.74, 6) is 0.825. The Balaban J connectivity index is 1.83. The monoisotopic (exact) mass is 508 g/mol. The van der Waals surface area contributed by atoms with Gasteiger partial charge in [-0.2, -0.15) is 13.2 Å². The maximum Gasteiger partial charge on any atom is 0.416 e. The molecule has 4 rings (SSSR count). The Morgan fingerprint density at radius 2 is 1.84 bits per heavy atom. The van der Waals surface area contributed by atoms with Gasteiger partial charge in [-0.25, -0.2) is 15.0 Å². The maximum atomic E-state index is 13.3. The molecule has 0 spiro atoms. The standard InChI is InChI=1S/C20H16BrF3N6O2/c1-9-8-29-18-15(7-16(21)19(29)25-9)17(27-11(3)28-18)26-10(2)12-4-13(20(22,23)24)6-14(5-12)30(31)32/h4-8,10H,1-3H3,(H,26,27,28)/t10-/m1/s1. The Labute approximate surface area is 187 Å². The van der Waals surface area contributed by atoms with Crippen LogP contribution in [0, 0.1) is 24.0 Å². The van der Waals surface area contributed by atoms with E-state index < -0.39 is 28.4 Å². The molecule has 0 saturated heterocycles. The van der Waals surface area contributed by atoms with E-state index in [1.165, 1.54) is 0 Å². The molecule has 0 aliphatic rings. The molecule has 0 radical (unpaired) electrons. The highest BCUT2D eigenvalue weighted by Gasteiger charge is 2.33. The fourth-order valence-electron chi connectivity index (χ4n) is 3.45. The van der Waals surface area contributed by atoms with Crippen LogP contribution in [0.5, 0.6) is 0 Å². The number of anilines is 1. The molecule has 3 heterocycles. The van der Waals surface area contributed by atoms with Gasteiger partial charge in [-0.15, -0.1) is 0 Å². The number of hydrogen-bond donors (Lipinski definition) is 1. The van der Waals surface area contributed by atoms with Crippen LogP contribution < -0.4 is 5.32 Å². The first-order valence-electron chi connectivity index (χ1n) is 9.39. The predicted molar refractivity (Wildman–Crippen MR) is 116 cm³/mol. The molecule has 1 N–H and O–H groups in total. The molecule has 1 aromatic carbocycles. The average molecular weight is 509 g/mol. The first-order chi connectivity index (χ1) is 14.9. The number of rotatable bonds is 4. The van der Waals surface area contributed by atoms with Crippen molar-refractivity contribution in [2.45, 2.75) is 33.0 Å². The molecule has 0 unspecified atom stereocenters. The summed E-state index contributed by atoms with van der Waals surface area (Å²) in [5.41, 5.74) is 0.410. The molecule has 0 amide bonds. The van der Waals surface area contributed by atoms with Gasteiger partial charge in [-0.3, -0.25) is 14.5 Å². The number of fused-ring (bicyclic) bond motifs is 3. The average Bonchev–Trinajstić information content (AvgIpc) is 3.10. The van der Waals surface area contributed by atoms with Crippen LogP contribution in [0.1, 0.15) is 35.6 Å². The number of benzene rings is 1. The van der Waals surface area contributed by atoms with Crippen molar-refractivity contribution in [3.8, 4) is 0 Å². The molecular formula is C20H16BrF3N6O2. The minimum atomic E-state index is -4.71. The fraction of sp³-hybridized carbons (Fsp3) is 0.250. The molecule has 166 valence electrons. The number of non-ortho nitro benzene ring substituents is 1. The van der Waals surface area contributed by atoms with Crippen LogP contribution >= 0.6 is 15.9 Å². The number of aryl methyl sites for hydroxylation is 2. The molecule has 0 bridgehead atoms. The molecule has 8 nitrogen and oxygen atoms in total. The van der Waals surface area contributed by atoms with Gasteiger partial charge >= 0.3 is 6.18 Å². The van der Waals surface area contributed by atoms with Gasteiger partial charge in [0.2, 0.25) is 0 Å². The summed E-state index contributed by atoms with van der Waals surface area (Å²) in [5, 5.41) is 14.9. The van der Waals surface area contributed by atoms with Crippen molar-refractivity contribution in [2.24, 2.45) is 0 Å². The number of nitrogens with one attached hydrogen (secondary N) is 1. The Hall–Kier alpha value is -3.28. The summed E-state index contributed by atoms with van der Waals surface area (Å²) in [4.78, 5) is 23.7. The van der Waals surface area contributed by atoms with Crippen molar-refractivity contribution in [1.82, 2.24) is 19.4 Å². The number of nitro groups is 1. The zero-order chi connectivity index (χ0) is 23.4. The van der Waals surface area contributed by atoms with Gasteiger partial charge in [0, 0.05) is 18.3 Å². The second-order valence-electron chi connectivity index (χ2n) is 7.36. The number of hydrogen-bond acceptors (Lipinski definition) is 6. The van der Waals surface area contributed by atoms with E-state index in [-0.39, 0.29) is 5.56 Å². The molecule has 0 saturated carbocycles. The van der Waals surface area contributed by atoms with Crippen LogP contribution in [-0.2, 0) is 6.18 Å². The van der Waals surface area contributed by atoms with Crippen LogP contribution in [0.3, 0.4) is 0 Å². The third-order valence-corrected chi connectivity index (χ3v) is 5.49. The second-order valence-corrected chi connectivity index (χ2v) is 8.21. The van der Waals surface area contributed by atoms with Gasteiger partial charge in [0.25, 0.3) is 5.69 Å². The lowest BCUT2D eigenvalue weighted by atomic mass is 10.0. The van der Waals surface area contributed by atoms with Crippen molar-refractivity contribution in [2.75, 3.05) is 5.32 Å². The van der Waals surface area contributed by atoms with Crippen LogP contribution in [0.25, 0.3) is 16.7 Å². The van der Waals surface area contributed by atoms with E-state index in [2.05, 4.69) is 36.2 Å². The molecule has 12 heteroatoms. The summed E-state index contributed by atoms with van der Waals surface area (Å²) in [6.45, 7) is 5.15. The van der Waals surface area contributed by atoms with Gasteiger partial charge in [-0.05, 0) is 54.4 Å². The smallest absolute Gasteiger partial charge is 0.363 e. The number of aromatic nitrogens is 4. The summed E-state index contributed by atoms with van der Waals surface area (Å²) >= 11 is 3.49. The highest BCUT2D eigenvalue weighted by atomic mass is 79.9. The van der Waals surface area contributed by atoms with E-state index in [0.717, 1.165) is 17.8 Å². The number of halogens is 4. The van der Waals surface area contributed by atoms with E-state index in [9.17, 15) is 23.3 Å². The van der Waals surface area contributed by atoms with Crippen molar-refractivity contribution in [3.05, 3.63) is 67.7 Å². The van der Waals surface area contributed by atoms with Crippen LogP contribution in [0.15, 0.2) is 34.9 Å². The number of imidazole rings is 1. The molecule has 32 heavy (non-hydrogen) atoms. The van der Waals surface area contributed by atoms with Crippen molar-refractivity contribution < 1.29 is 18.1 Å². The van der Waals surface area contributed by atoms with Gasteiger partial charge < -0.3 is 5.32 Å². The Morgan fingerprint density at radius 1 is 1.12 bits per heavy atom. The summed E-state index contributed by atoms with van der Waals surface area (Å²) < 4.78 is 42.3. The largest absolute Gasteiger partial charge is 0.416 e. The topological polar surface area (TPSA) is 98.2 Å². The maximum absolute atomic E-state index is 13.3. The Kier molecular flexibility index (Phi) is 5.27. The van der Waals surface area contributed by atoms with E-state index in [1.54, 1.807) is 24.3 Å². The molecule has 0 fully saturated rings. The van der Waals surface area contributed by atoms with Crippen molar-refractivity contribution in [1.29, 1.82) is 0 Å². The van der Waals surface area contributed by atoms with Crippen LogP contribution in [-0.4, -0.2) is 24.3 Å². The first kappa shape index (κ1) is 21.9. The summed E-state index contributed by atoms with van der Waals surface area (Å²) in [6, 6.07) is 3.60. The summed E-state index contributed by atoms with van der Waals surface area (Å²) in [6.07, 6.45) is -2.90. The normalized spacial score (nSPS) is 13.0. The quantitative estimate of drug-likeness (QED) is 0.278. The fourth-order valence-corrected chi connectivity index (χ4v) is 3.96. The Bertz CT molecular complexity index is 1390. The number of nitrogens with zero attached hydrogens (tertiary/aromatic N) is 5. The summed E-state index contributed by atoms with van der Waals surface area (Å²) in [7, 11) is 0. The number of nitro benzene ring substituents is 1. The predicted octanol–water partition coefficient (Wildman–Crippen LogP) is 5.76. The molecule has 4 aromatic rings. The van der Waals surface area contributed by atoms with Gasteiger partial charge in [0.05, 0.1) is 32.1 Å². The lowest BCUT2D eigenvalue weighted by molar-refractivity contribution is -0.385. The van der Waals surface area contributed by atoms with E-state index in [1.807, 2.05) is 13.1 Å². The molecule has 1 atom stereocenters. The van der Waals surface area contributed by atoms with Crippen LogP contribution in [0.4, 0.5) is 24.7 Å². The van der Waals surface area contributed by atoms with Gasteiger partial charge in [0.1, 0.15) is 11.6 Å². The minimum Gasteiger partial charge on any atom is -0.363 e. The van der Waals surface area contributed by atoms with Crippen molar-refractivity contribution in [3.63, 3.8) is 0 Å². The zero-order valence-corrected chi connectivity index (χ0v) is 18.6.